The normalized spacial score (nSPS) is 11.5. The van der Waals surface area contributed by atoms with E-state index in [0.29, 0.717) is 25.6 Å². The van der Waals surface area contributed by atoms with Crippen LogP contribution in [0.1, 0.15) is 23.9 Å². The number of aromatic nitrogens is 1. The summed E-state index contributed by atoms with van der Waals surface area (Å²) in [6, 6.07) is 13.8. The van der Waals surface area contributed by atoms with Crippen LogP contribution in [0.15, 0.2) is 58.1 Å². The second kappa shape index (κ2) is 10.4. The highest BCUT2D eigenvalue weighted by atomic mass is 16.3. The number of aryl methyl sites for hydroxylation is 1. The van der Waals surface area contributed by atoms with Gasteiger partial charge in [0.1, 0.15) is 17.9 Å². The highest BCUT2D eigenvalue weighted by molar-refractivity contribution is 5.85. The van der Waals surface area contributed by atoms with Gasteiger partial charge >= 0.3 is 0 Å². The average molecular weight is 408 g/mol. The molecule has 2 aromatic heterocycles. The van der Waals surface area contributed by atoms with Gasteiger partial charge in [0.15, 0.2) is 5.96 Å². The molecule has 0 radical (unpaired) electrons. The lowest BCUT2D eigenvalue weighted by atomic mass is 10.1. The number of fused-ring (bicyclic) bond motifs is 1. The fourth-order valence-electron chi connectivity index (χ4n) is 3.12. The zero-order valence-electron chi connectivity index (χ0n) is 17.8. The molecule has 0 unspecified atom stereocenters. The molecule has 2 heterocycles. The van der Waals surface area contributed by atoms with Gasteiger partial charge in [-0.2, -0.15) is 0 Å². The summed E-state index contributed by atoms with van der Waals surface area (Å²) < 4.78 is 5.94. The quantitative estimate of drug-likeness (QED) is 0.443. The molecule has 0 bridgehead atoms. The molecule has 0 saturated heterocycles. The Kier molecular flexibility index (Phi) is 7.43. The molecule has 3 rings (SSSR count). The van der Waals surface area contributed by atoms with Gasteiger partial charge in [-0.3, -0.25) is 9.78 Å². The van der Waals surface area contributed by atoms with Crippen LogP contribution in [0.4, 0.5) is 0 Å². The van der Waals surface area contributed by atoms with Crippen LogP contribution in [0, 0.1) is 6.92 Å². The van der Waals surface area contributed by atoms with Gasteiger partial charge in [0.25, 0.3) is 0 Å². The molecule has 2 N–H and O–H groups in total. The predicted octanol–water partition coefficient (Wildman–Crippen LogP) is 2.89. The van der Waals surface area contributed by atoms with Crippen LogP contribution >= 0.6 is 0 Å². The van der Waals surface area contributed by atoms with Crippen molar-refractivity contribution in [3.05, 3.63) is 65.7 Å². The van der Waals surface area contributed by atoms with Gasteiger partial charge in [0.2, 0.25) is 5.91 Å². The Morgan fingerprint density at radius 3 is 2.70 bits per heavy atom. The number of furan rings is 1. The monoisotopic (exact) mass is 407 g/mol. The van der Waals surface area contributed by atoms with E-state index in [1.54, 1.807) is 18.1 Å². The Morgan fingerprint density at radius 2 is 1.97 bits per heavy atom. The Balaban J connectivity index is 1.55. The van der Waals surface area contributed by atoms with Crippen LogP contribution in [-0.2, 0) is 17.8 Å². The van der Waals surface area contributed by atoms with Gasteiger partial charge in [-0.15, -0.1) is 0 Å². The number of carbonyl (C=O) groups excluding carboxylic acids is 1. The third kappa shape index (κ3) is 5.59. The first-order valence-corrected chi connectivity index (χ1v) is 10.2. The molecule has 0 aliphatic heterocycles. The SMILES string of the molecule is CCNC(=NCC(=O)N(C)CCc1ccccn1)NCc1oc2ccccc2c1C. The van der Waals surface area contributed by atoms with E-state index in [2.05, 4.69) is 26.7 Å². The lowest BCUT2D eigenvalue weighted by Gasteiger charge is -2.16. The Labute approximate surface area is 177 Å². The van der Waals surface area contributed by atoms with E-state index < -0.39 is 0 Å². The number of hydrogen-bond donors (Lipinski definition) is 2. The summed E-state index contributed by atoms with van der Waals surface area (Å²) in [6.45, 7) is 5.92. The van der Waals surface area contributed by atoms with Crippen LogP contribution in [0.2, 0.25) is 0 Å². The highest BCUT2D eigenvalue weighted by Crippen LogP contribution is 2.24. The number of aliphatic imine (C=N–C) groups is 1. The first kappa shape index (κ1) is 21.4. The van der Waals surface area contributed by atoms with Crippen LogP contribution in [0.25, 0.3) is 11.0 Å². The zero-order valence-corrected chi connectivity index (χ0v) is 17.8. The molecule has 0 fully saturated rings. The molecule has 0 saturated carbocycles. The molecule has 158 valence electrons. The zero-order chi connectivity index (χ0) is 21.3. The minimum absolute atomic E-state index is 0.0388. The summed E-state index contributed by atoms with van der Waals surface area (Å²) in [5, 5.41) is 7.54. The maximum Gasteiger partial charge on any atom is 0.244 e. The number of rotatable bonds is 8. The summed E-state index contributed by atoms with van der Waals surface area (Å²) in [5.41, 5.74) is 2.95. The molecule has 0 atom stereocenters. The molecule has 30 heavy (non-hydrogen) atoms. The number of carbonyl (C=O) groups is 1. The third-order valence-corrected chi connectivity index (χ3v) is 4.93. The Morgan fingerprint density at radius 1 is 1.17 bits per heavy atom. The summed E-state index contributed by atoms with van der Waals surface area (Å²) in [6.07, 6.45) is 2.48. The van der Waals surface area contributed by atoms with Crippen molar-refractivity contribution in [2.75, 3.05) is 26.7 Å². The lowest BCUT2D eigenvalue weighted by Crippen LogP contribution is -2.38. The van der Waals surface area contributed by atoms with E-state index in [9.17, 15) is 4.79 Å². The molecule has 7 nitrogen and oxygen atoms in total. The fraction of sp³-hybridized carbons (Fsp3) is 0.348. The minimum atomic E-state index is -0.0388. The first-order valence-electron chi connectivity index (χ1n) is 10.2. The average Bonchev–Trinajstić information content (AvgIpc) is 3.10. The van der Waals surface area contributed by atoms with E-state index in [4.69, 9.17) is 4.42 Å². The van der Waals surface area contributed by atoms with Crippen LogP contribution < -0.4 is 10.6 Å². The van der Waals surface area contributed by atoms with Gasteiger partial charge in [-0.1, -0.05) is 24.3 Å². The van der Waals surface area contributed by atoms with E-state index in [0.717, 1.165) is 34.4 Å². The second-order valence-corrected chi connectivity index (χ2v) is 7.08. The number of nitrogens with one attached hydrogen (secondary N) is 2. The number of guanidine groups is 1. The topological polar surface area (TPSA) is 82.8 Å². The smallest absolute Gasteiger partial charge is 0.244 e. The maximum atomic E-state index is 12.4. The Bertz CT molecular complexity index is 997. The van der Waals surface area contributed by atoms with E-state index >= 15 is 0 Å². The van der Waals surface area contributed by atoms with Crippen molar-refractivity contribution < 1.29 is 9.21 Å². The molecule has 0 spiro atoms. The summed E-state index contributed by atoms with van der Waals surface area (Å²) >= 11 is 0. The van der Waals surface area contributed by atoms with Gasteiger partial charge in [-0.25, -0.2) is 4.99 Å². The highest BCUT2D eigenvalue weighted by Gasteiger charge is 2.12. The number of amides is 1. The molecule has 1 aromatic carbocycles. The van der Waals surface area contributed by atoms with Gasteiger partial charge in [0.05, 0.1) is 6.54 Å². The fourth-order valence-corrected chi connectivity index (χ4v) is 3.12. The van der Waals surface area contributed by atoms with E-state index in [1.165, 1.54) is 0 Å². The van der Waals surface area contributed by atoms with Crippen molar-refractivity contribution in [1.82, 2.24) is 20.5 Å². The van der Waals surface area contributed by atoms with Crippen LogP contribution in [-0.4, -0.2) is 48.4 Å². The number of hydrogen-bond acceptors (Lipinski definition) is 4. The number of nitrogens with zero attached hydrogens (tertiary/aromatic N) is 3. The van der Waals surface area contributed by atoms with Gasteiger partial charge in [-0.05, 0) is 32.0 Å². The predicted molar refractivity (Wildman–Crippen MR) is 119 cm³/mol. The third-order valence-electron chi connectivity index (χ3n) is 4.93. The van der Waals surface area contributed by atoms with Crippen molar-refractivity contribution in [1.29, 1.82) is 0 Å². The number of para-hydroxylation sites is 1. The first-order chi connectivity index (χ1) is 14.6. The molecule has 0 aliphatic rings. The van der Waals surface area contributed by atoms with E-state index in [1.807, 2.05) is 50.2 Å². The lowest BCUT2D eigenvalue weighted by molar-refractivity contribution is -0.128. The summed E-state index contributed by atoms with van der Waals surface area (Å²) in [5.74, 6) is 1.41. The van der Waals surface area contributed by atoms with Crippen molar-refractivity contribution >= 4 is 22.8 Å². The van der Waals surface area contributed by atoms with Crippen LogP contribution in [0.5, 0.6) is 0 Å². The van der Waals surface area contributed by atoms with Crippen molar-refractivity contribution in [2.24, 2.45) is 4.99 Å². The molecule has 0 aliphatic carbocycles. The Hall–Kier alpha value is -3.35. The van der Waals surface area contributed by atoms with Crippen LogP contribution in [0.3, 0.4) is 0 Å². The largest absolute Gasteiger partial charge is 0.459 e. The van der Waals surface area contributed by atoms with Crippen molar-refractivity contribution in [3.8, 4) is 0 Å². The van der Waals surface area contributed by atoms with Gasteiger partial charge < -0.3 is 20.0 Å². The van der Waals surface area contributed by atoms with E-state index in [-0.39, 0.29) is 12.5 Å². The molecule has 1 amide bonds. The summed E-state index contributed by atoms with van der Waals surface area (Å²) in [7, 11) is 1.79. The molecular weight excluding hydrogens is 378 g/mol. The molecule has 3 aromatic rings. The van der Waals surface area contributed by atoms with Crippen molar-refractivity contribution in [2.45, 2.75) is 26.8 Å². The standard InChI is InChI=1S/C23H29N5O2/c1-4-24-23(26-15-21-17(2)19-10-5-6-11-20(19)30-21)27-16-22(29)28(3)14-12-18-9-7-8-13-25-18/h5-11,13H,4,12,14-16H2,1-3H3,(H2,24,26,27). The number of pyridine rings is 1. The summed E-state index contributed by atoms with van der Waals surface area (Å²) in [4.78, 5) is 22.9. The number of benzene rings is 1. The minimum Gasteiger partial charge on any atom is -0.459 e. The van der Waals surface area contributed by atoms with Crippen molar-refractivity contribution in [3.63, 3.8) is 0 Å². The number of likely N-dealkylation sites (N-methyl/N-ethyl adjacent to an activating group) is 1. The van der Waals surface area contributed by atoms with Gasteiger partial charge in [0, 0.05) is 49.4 Å². The maximum absolute atomic E-state index is 12.4. The second-order valence-electron chi connectivity index (χ2n) is 7.08. The molecule has 7 heteroatoms. The molecular formula is C23H29N5O2.